The highest BCUT2D eigenvalue weighted by Gasteiger charge is 2.27. The number of thioether (sulfide) groups is 1. The highest BCUT2D eigenvalue weighted by Crippen LogP contribution is 2.42. The molecule has 0 saturated carbocycles. The molecule has 1 atom stereocenters. The zero-order valence-electron chi connectivity index (χ0n) is 17.6. The molecule has 1 saturated heterocycles. The van der Waals surface area contributed by atoms with Gasteiger partial charge in [0.1, 0.15) is 11.3 Å². The SMILES string of the molecule is COc1cc(-c2oc3ccc(C(C(C)=O)N4CCCCC4)cc3c2SC)ccc1O. The highest BCUT2D eigenvalue weighted by atomic mass is 32.2. The maximum Gasteiger partial charge on any atom is 0.161 e. The summed E-state index contributed by atoms with van der Waals surface area (Å²) in [6, 6.07) is 11.1. The van der Waals surface area contributed by atoms with Gasteiger partial charge in [-0.25, -0.2) is 0 Å². The molecule has 0 bridgehead atoms. The summed E-state index contributed by atoms with van der Waals surface area (Å²) in [5, 5.41) is 10.9. The first-order valence-electron chi connectivity index (χ1n) is 10.3. The molecule has 0 radical (unpaired) electrons. The zero-order chi connectivity index (χ0) is 21.3. The number of phenolic OH excluding ortho intramolecular Hbond substituents is 1. The van der Waals surface area contributed by atoms with E-state index in [1.54, 1.807) is 30.8 Å². The molecule has 1 aliphatic rings. The smallest absolute Gasteiger partial charge is 0.161 e. The lowest BCUT2D eigenvalue weighted by Gasteiger charge is -2.33. The number of methoxy groups -OCH3 is 1. The number of piperidine rings is 1. The minimum Gasteiger partial charge on any atom is -0.504 e. The molecule has 5 nitrogen and oxygen atoms in total. The van der Waals surface area contributed by atoms with Gasteiger partial charge in [0.15, 0.2) is 17.3 Å². The predicted molar refractivity (Wildman–Crippen MR) is 120 cm³/mol. The average molecular weight is 426 g/mol. The molecule has 30 heavy (non-hydrogen) atoms. The number of carbonyl (C=O) groups excluding carboxylic acids is 1. The molecular formula is C24H27NO4S. The molecular weight excluding hydrogens is 398 g/mol. The third kappa shape index (κ3) is 3.82. The van der Waals surface area contributed by atoms with Crippen molar-refractivity contribution in [2.45, 2.75) is 37.1 Å². The maximum absolute atomic E-state index is 12.6. The molecule has 1 fully saturated rings. The zero-order valence-corrected chi connectivity index (χ0v) is 18.4. The van der Waals surface area contributed by atoms with Crippen LogP contribution in [-0.4, -0.2) is 42.2 Å². The van der Waals surface area contributed by atoms with Gasteiger partial charge < -0.3 is 14.3 Å². The van der Waals surface area contributed by atoms with Crippen molar-refractivity contribution in [3.63, 3.8) is 0 Å². The molecule has 0 spiro atoms. The normalized spacial score (nSPS) is 16.0. The first-order chi connectivity index (χ1) is 14.5. The van der Waals surface area contributed by atoms with Gasteiger partial charge in [-0.05, 0) is 75.0 Å². The monoisotopic (exact) mass is 425 g/mol. The van der Waals surface area contributed by atoms with Crippen LogP contribution in [0.2, 0.25) is 0 Å². The average Bonchev–Trinajstić information content (AvgIpc) is 3.12. The number of rotatable bonds is 6. The van der Waals surface area contributed by atoms with Crippen molar-refractivity contribution >= 4 is 28.5 Å². The van der Waals surface area contributed by atoms with E-state index >= 15 is 0 Å². The molecule has 6 heteroatoms. The Labute approximate surface area is 181 Å². The molecule has 4 rings (SSSR count). The second kappa shape index (κ2) is 8.74. The Hall–Kier alpha value is -2.44. The van der Waals surface area contributed by atoms with Crippen LogP contribution in [0.4, 0.5) is 0 Å². The molecule has 2 heterocycles. The van der Waals surface area contributed by atoms with E-state index < -0.39 is 0 Å². The molecule has 1 aliphatic heterocycles. The number of ketones is 1. The molecule has 2 aromatic carbocycles. The number of phenols is 1. The van der Waals surface area contributed by atoms with E-state index in [0.29, 0.717) is 5.75 Å². The highest BCUT2D eigenvalue weighted by molar-refractivity contribution is 7.99. The summed E-state index contributed by atoms with van der Waals surface area (Å²) in [5.41, 5.74) is 2.64. The molecule has 158 valence electrons. The third-order valence-electron chi connectivity index (χ3n) is 5.77. The summed E-state index contributed by atoms with van der Waals surface area (Å²) in [7, 11) is 1.53. The van der Waals surface area contributed by atoms with E-state index in [2.05, 4.69) is 11.0 Å². The Balaban J connectivity index is 1.80. The van der Waals surface area contributed by atoms with Crippen LogP contribution in [0.3, 0.4) is 0 Å². The van der Waals surface area contributed by atoms with Gasteiger partial charge in [-0.2, -0.15) is 0 Å². The van der Waals surface area contributed by atoms with Gasteiger partial charge in [0.25, 0.3) is 0 Å². The Kier molecular flexibility index (Phi) is 6.06. The number of hydrogen-bond acceptors (Lipinski definition) is 6. The van der Waals surface area contributed by atoms with Crippen LogP contribution in [-0.2, 0) is 4.79 Å². The third-order valence-corrected chi connectivity index (χ3v) is 6.58. The summed E-state index contributed by atoms with van der Waals surface area (Å²) >= 11 is 1.61. The fourth-order valence-electron chi connectivity index (χ4n) is 4.35. The van der Waals surface area contributed by atoms with Gasteiger partial charge in [-0.1, -0.05) is 12.5 Å². The van der Waals surface area contributed by atoms with Gasteiger partial charge in [-0.15, -0.1) is 11.8 Å². The van der Waals surface area contributed by atoms with Crippen LogP contribution in [0.5, 0.6) is 11.5 Å². The van der Waals surface area contributed by atoms with Gasteiger partial charge in [0.2, 0.25) is 0 Å². The summed E-state index contributed by atoms with van der Waals surface area (Å²) in [4.78, 5) is 15.9. The minimum absolute atomic E-state index is 0.0937. The van der Waals surface area contributed by atoms with Crippen molar-refractivity contribution in [3.8, 4) is 22.8 Å². The second-order valence-electron chi connectivity index (χ2n) is 7.72. The molecule has 1 aromatic heterocycles. The van der Waals surface area contributed by atoms with Crippen LogP contribution in [0.25, 0.3) is 22.3 Å². The second-order valence-corrected chi connectivity index (χ2v) is 8.53. The molecule has 1 N–H and O–H groups in total. The standard InChI is InChI=1S/C24H27NO4S/c1-15(26)22(25-11-5-4-6-12-25)16-8-10-20-18(13-16)24(30-3)23(29-20)17-7-9-19(27)21(14-17)28-2/h7-10,13-14,22,27H,4-6,11-12H2,1-3H3. The van der Waals surface area contributed by atoms with E-state index in [9.17, 15) is 9.90 Å². The van der Waals surface area contributed by atoms with Crippen LogP contribution in [0.1, 0.15) is 37.8 Å². The fraction of sp³-hybridized carbons (Fsp3) is 0.375. The predicted octanol–water partition coefficient (Wildman–Crippen LogP) is 5.65. The van der Waals surface area contributed by atoms with Gasteiger partial charge >= 0.3 is 0 Å². The van der Waals surface area contributed by atoms with E-state index in [1.807, 2.05) is 24.5 Å². The summed E-state index contributed by atoms with van der Waals surface area (Å²) < 4.78 is 11.5. The number of carbonyl (C=O) groups is 1. The maximum atomic E-state index is 12.6. The van der Waals surface area contributed by atoms with Crippen molar-refractivity contribution in [1.29, 1.82) is 0 Å². The van der Waals surface area contributed by atoms with Crippen LogP contribution < -0.4 is 4.74 Å². The van der Waals surface area contributed by atoms with Crippen molar-refractivity contribution in [2.24, 2.45) is 0 Å². The Morgan fingerprint density at radius 2 is 1.93 bits per heavy atom. The van der Waals surface area contributed by atoms with Crippen LogP contribution in [0.15, 0.2) is 45.7 Å². The van der Waals surface area contributed by atoms with E-state index in [0.717, 1.165) is 58.7 Å². The summed E-state index contributed by atoms with van der Waals surface area (Å²) in [5.74, 6) is 1.41. The van der Waals surface area contributed by atoms with Crippen molar-refractivity contribution in [2.75, 3.05) is 26.5 Å². The van der Waals surface area contributed by atoms with E-state index in [-0.39, 0.29) is 17.6 Å². The minimum atomic E-state index is -0.212. The number of benzene rings is 2. The lowest BCUT2D eigenvalue weighted by Crippen LogP contribution is -2.37. The summed E-state index contributed by atoms with van der Waals surface area (Å²) in [6.07, 6.45) is 5.53. The molecule has 3 aromatic rings. The van der Waals surface area contributed by atoms with Gasteiger partial charge in [-0.3, -0.25) is 9.69 Å². The largest absolute Gasteiger partial charge is 0.504 e. The number of fused-ring (bicyclic) bond motifs is 1. The van der Waals surface area contributed by atoms with Crippen LogP contribution in [0, 0.1) is 0 Å². The topological polar surface area (TPSA) is 62.9 Å². The van der Waals surface area contributed by atoms with E-state index in [4.69, 9.17) is 9.15 Å². The number of hydrogen-bond donors (Lipinski definition) is 1. The first kappa shape index (κ1) is 20.8. The lowest BCUT2D eigenvalue weighted by molar-refractivity contribution is -0.122. The Bertz CT molecular complexity index is 1070. The Morgan fingerprint density at radius 3 is 2.60 bits per heavy atom. The number of likely N-dealkylation sites (tertiary alicyclic amines) is 1. The number of Topliss-reactive ketones (excluding diaryl/α,β-unsaturated/α-hetero) is 1. The molecule has 1 unspecified atom stereocenters. The van der Waals surface area contributed by atoms with Gasteiger partial charge in [0, 0.05) is 10.9 Å². The quantitative estimate of drug-likeness (QED) is 0.515. The van der Waals surface area contributed by atoms with Crippen molar-refractivity contribution in [3.05, 3.63) is 42.0 Å². The Morgan fingerprint density at radius 1 is 1.17 bits per heavy atom. The molecule has 0 amide bonds. The number of aromatic hydroxyl groups is 1. The van der Waals surface area contributed by atoms with Crippen LogP contribution >= 0.6 is 11.8 Å². The first-order valence-corrected chi connectivity index (χ1v) is 11.5. The molecule has 0 aliphatic carbocycles. The number of furan rings is 1. The van der Waals surface area contributed by atoms with Crippen molar-refractivity contribution < 1.29 is 19.1 Å². The number of nitrogens with zero attached hydrogens (tertiary/aromatic N) is 1. The fourth-order valence-corrected chi connectivity index (χ4v) is 5.08. The lowest BCUT2D eigenvalue weighted by atomic mass is 9.97. The summed E-state index contributed by atoms with van der Waals surface area (Å²) in [6.45, 7) is 3.60. The van der Waals surface area contributed by atoms with Gasteiger partial charge in [0.05, 0.1) is 18.0 Å². The van der Waals surface area contributed by atoms with Crippen molar-refractivity contribution in [1.82, 2.24) is 4.90 Å². The number of ether oxygens (including phenoxy) is 1. The van der Waals surface area contributed by atoms with E-state index in [1.165, 1.54) is 13.5 Å².